The molecule has 0 fully saturated rings. The normalized spacial score (nSPS) is 13.8. The van der Waals surface area contributed by atoms with Crippen LogP contribution in [0.3, 0.4) is 0 Å². The highest BCUT2D eigenvalue weighted by molar-refractivity contribution is 7.98. The summed E-state index contributed by atoms with van der Waals surface area (Å²) in [4.78, 5) is 1.27. The van der Waals surface area contributed by atoms with Crippen molar-refractivity contribution in [2.24, 2.45) is 0 Å². The topological polar surface area (TPSA) is 58.2 Å². The first-order valence-electron chi connectivity index (χ1n) is 6.68. The van der Waals surface area contributed by atoms with Gasteiger partial charge in [0.2, 0.25) is 10.0 Å². The Labute approximate surface area is 130 Å². The average Bonchev–Trinajstić information content (AvgIpc) is 2.82. The molecule has 0 amide bonds. The van der Waals surface area contributed by atoms with Crippen molar-refractivity contribution in [3.05, 3.63) is 16.3 Å². The third kappa shape index (κ3) is 5.73. The Morgan fingerprint density at radius 1 is 1.35 bits per heavy atom. The van der Waals surface area contributed by atoms with Crippen LogP contribution in [-0.4, -0.2) is 32.5 Å². The van der Waals surface area contributed by atoms with Gasteiger partial charge in [-0.15, -0.1) is 11.3 Å². The highest BCUT2D eigenvalue weighted by atomic mass is 32.2. The molecule has 0 aromatic carbocycles. The molecule has 1 rings (SSSR count). The molecular formula is C13H24N2O2S3. The van der Waals surface area contributed by atoms with Gasteiger partial charge in [-0.2, -0.15) is 11.8 Å². The van der Waals surface area contributed by atoms with Gasteiger partial charge in [0, 0.05) is 23.5 Å². The fourth-order valence-corrected chi connectivity index (χ4v) is 4.94. The Morgan fingerprint density at radius 3 is 2.65 bits per heavy atom. The molecule has 1 heterocycles. The highest BCUT2D eigenvalue weighted by Crippen LogP contribution is 2.22. The van der Waals surface area contributed by atoms with Crippen LogP contribution in [0, 0.1) is 0 Å². The van der Waals surface area contributed by atoms with Crippen LogP contribution in [0.25, 0.3) is 0 Å². The van der Waals surface area contributed by atoms with Crippen LogP contribution in [0.1, 0.15) is 32.1 Å². The molecule has 1 aromatic rings. The lowest BCUT2D eigenvalue weighted by Gasteiger charge is -2.14. The van der Waals surface area contributed by atoms with Crippen LogP contribution < -0.4 is 10.0 Å². The fourth-order valence-electron chi connectivity index (χ4n) is 1.68. The van der Waals surface area contributed by atoms with Gasteiger partial charge in [-0.05, 0) is 36.8 Å². The Bertz CT molecular complexity index is 497. The summed E-state index contributed by atoms with van der Waals surface area (Å²) in [5.74, 6) is 0.953. The van der Waals surface area contributed by atoms with Gasteiger partial charge >= 0.3 is 0 Å². The molecule has 0 saturated heterocycles. The fraction of sp³-hybridized carbons (Fsp3) is 0.692. The van der Waals surface area contributed by atoms with Crippen molar-refractivity contribution in [1.29, 1.82) is 0 Å². The number of rotatable bonds is 9. The third-order valence-electron chi connectivity index (χ3n) is 2.78. The maximum absolute atomic E-state index is 12.4. The van der Waals surface area contributed by atoms with E-state index in [1.165, 1.54) is 11.3 Å². The first-order valence-corrected chi connectivity index (χ1v) is 10.4. The summed E-state index contributed by atoms with van der Waals surface area (Å²) in [5, 5.41) is 5.09. The summed E-state index contributed by atoms with van der Waals surface area (Å²) in [6, 6.07) is 1.98. The molecule has 1 atom stereocenters. The van der Waals surface area contributed by atoms with Crippen molar-refractivity contribution >= 4 is 33.1 Å². The van der Waals surface area contributed by atoms with Gasteiger partial charge in [-0.3, -0.25) is 0 Å². The van der Waals surface area contributed by atoms with Crippen LogP contribution >= 0.6 is 23.1 Å². The molecule has 0 aliphatic heterocycles. The zero-order chi connectivity index (χ0) is 15.2. The van der Waals surface area contributed by atoms with Gasteiger partial charge in [-0.1, -0.05) is 13.8 Å². The standard InChI is InChI=1S/C13H24N2O2S3/c1-10(2)14-9-12-13(6-8-19-12)20(16,17)15-11(3)5-7-18-4/h6,8,10-11,14-15H,5,7,9H2,1-4H3. The predicted octanol–water partition coefficient (Wildman–Crippen LogP) is 2.67. The molecule has 0 aliphatic carbocycles. The zero-order valence-corrected chi connectivity index (χ0v) is 14.9. The Morgan fingerprint density at radius 2 is 2.05 bits per heavy atom. The molecular weight excluding hydrogens is 312 g/mol. The molecule has 116 valence electrons. The lowest BCUT2D eigenvalue weighted by atomic mass is 10.3. The van der Waals surface area contributed by atoms with Crippen LogP contribution in [0.15, 0.2) is 16.3 Å². The van der Waals surface area contributed by atoms with E-state index in [4.69, 9.17) is 0 Å². The monoisotopic (exact) mass is 336 g/mol. The Kier molecular flexibility index (Phi) is 7.53. The molecule has 4 nitrogen and oxygen atoms in total. The second-order valence-corrected chi connectivity index (χ2v) is 8.72. The molecule has 7 heteroatoms. The lowest BCUT2D eigenvalue weighted by molar-refractivity contribution is 0.552. The van der Waals surface area contributed by atoms with Crippen molar-refractivity contribution in [3.63, 3.8) is 0 Å². The number of thioether (sulfide) groups is 1. The molecule has 1 aromatic heterocycles. The van der Waals surface area contributed by atoms with Crippen LogP contribution in [0.4, 0.5) is 0 Å². The third-order valence-corrected chi connectivity index (χ3v) is 6.14. The van der Waals surface area contributed by atoms with Gasteiger partial charge in [0.05, 0.1) is 4.90 Å². The summed E-state index contributed by atoms with van der Waals surface area (Å²) >= 11 is 3.20. The maximum atomic E-state index is 12.4. The molecule has 2 N–H and O–H groups in total. The second kappa shape index (κ2) is 8.38. The zero-order valence-electron chi connectivity index (χ0n) is 12.5. The van der Waals surface area contributed by atoms with Crippen molar-refractivity contribution in [3.8, 4) is 0 Å². The predicted molar refractivity (Wildman–Crippen MR) is 89.1 cm³/mol. The smallest absolute Gasteiger partial charge is 0.241 e. The summed E-state index contributed by atoms with van der Waals surface area (Å²) < 4.78 is 27.5. The lowest BCUT2D eigenvalue weighted by Crippen LogP contribution is -2.33. The first kappa shape index (κ1) is 18.0. The molecule has 0 bridgehead atoms. The van der Waals surface area contributed by atoms with E-state index < -0.39 is 10.0 Å². The minimum absolute atomic E-state index is 0.0433. The van der Waals surface area contributed by atoms with E-state index in [2.05, 4.69) is 10.0 Å². The van der Waals surface area contributed by atoms with Gasteiger partial charge in [0.15, 0.2) is 0 Å². The van der Waals surface area contributed by atoms with E-state index >= 15 is 0 Å². The summed E-state index contributed by atoms with van der Waals surface area (Å²) in [6.07, 6.45) is 2.86. The van der Waals surface area contributed by atoms with Crippen LogP contribution in [0.5, 0.6) is 0 Å². The van der Waals surface area contributed by atoms with Gasteiger partial charge < -0.3 is 5.32 Å². The molecule has 1 unspecified atom stereocenters. The second-order valence-electron chi connectivity index (χ2n) is 5.05. The van der Waals surface area contributed by atoms with Crippen LogP contribution in [-0.2, 0) is 16.6 Å². The summed E-state index contributed by atoms with van der Waals surface area (Å²) in [6.45, 7) is 6.59. The summed E-state index contributed by atoms with van der Waals surface area (Å²) in [7, 11) is -3.41. The number of hydrogen-bond donors (Lipinski definition) is 2. The Balaban J connectivity index is 2.74. The molecule has 0 spiro atoms. The minimum atomic E-state index is -3.41. The van der Waals surface area contributed by atoms with Crippen molar-refractivity contribution in [2.75, 3.05) is 12.0 Å². The van der Waals surface area contributed by atoms with E-state index in [-0.39, 0.29) is 6.04 Å². The van der Waals surface area contributed by atoms with E-state index in [9.17, 15) is 8.42 Å². The minimum Gasteiger partial charge on any atom is -0.310 e. The quantitative estimate of drug-likeness (QED) is 0.728. The molecule has 0 aliphatic rings. The average molecular weight is 337 g/mol. The summed E-state index contributed by atoms with van der Waals surface area (Å²) in [5.41, 5.74) is 0. The molecule has 0 saturated carbocycles. The maximum Gasteiger partial charge on any atom is 0.241 e. The van der Waals surface area contributed by atoms with E-state index in [1.54, 1.807) is 17.8 Å². The van der Waals surface area contributed by atoms with Crippen molar-refractivity contribution in [1.82, 2.24) is 10.0 Å². The number of sulfonamides is 1. The van der Waals surface area contributed by atoms with Crippen molar-refractivity contribution in [2.45, 2.75) is 50.7 Å². The van der Waals surface area contributed by atoms with Gasteiger partial charge in [0.1, 0.15) is 0 Å². The van der Waals surface area contributed by atoms with E-state index in [0.717, 1.165) is 17.1 Å². The van der Waals surface area contributed by atoms with Gasteiger partial charge in [0.25, 0.3) is 0 Å². The number of nitrogens with one attached hydrogen (secondary N) is 2. The SMILES string of the molecule is CSCCC(C)NS(=O)(=O)c1ccsc1CNC(C)C. The van der Waals surface area contributed by atoms with E-state index in [1.807, 2.05) is 32.4 Å². The van der Waals surface area contributed by atoms with Crippen LogP contribution in [0.2, 0.25) is 0 Å². The largest absolute Gasteiger partial charge is 0.310 e. The van der Waals surface area contributed by atoms with Gasteiger partial charge in [-0.25, -0.2) is 13.1 Å². The highest BCUT2D eigenvalue weighted by Gasteiger charge is 2.21. The molecule has 20 heavy (non-hydrogen) atoms. The Hall–Kier alpha value is -0.0800. The first-order chi connectivity index (χ1) is 9.36. The number of hydrogen-bond acceptors (Lipinski definition) is 5. The van der Waals surface area contributed by atoms with E-state index in [0.29, 0.717) is 17.5 Å². The van der Waals surface area contributed by atoms with Crippen molar-refractivity contribution < 1.29 is 8.42 Å². The number of thiophene rings is 1. The molecule has 0 radical (unpaired) electrons.